The number of rotatable bonds is 5. The van der Waals surface area contributed by atoms with E-state index in [-0.39, 0.29) is 6.04 Å². The van der Waals surface area contributed by atoms with Crippen LogP contribution in [0.3, 0.4) is 0 Å². The zero-order chi connectivity index (χ0) is 11.3. The van der Waals surface area contributed by atoms with Crippen LogP contribution >= 0.6 is 0 Å². The van der Waals surface area contributed by atoms with Crippen molar-refractivity contribution in [2.45, 2.75) is 32.7 Å². The lowest BCUT2D eigenvalue weighted by Gasteiger charge is -2.22. The maximum atomic E-state index is 5.91. The van der Waals surface area contributed by atoms with Crippen LogP contribution in [0.4, 0.5) is 5.82 Å². The Bertz CT molecular complexity index is 297. The Balaban J connectivity index is 2.82. The van der Waals surface area contributed by atoms with E-state index >= 15 is 0 Å². The van der Waals surface area contributed by atoms with Crippen molar-refractivity contribution in [1.29, 1.82) is 0 Å². The van der Waals surface area contributed by atoms with Crippen LogP contribution in [0, 0.1) is 0 Å². The molecule has 84 valence electrons. The SMILES string of the molecule is CCCCN(C)c1ncccc1C(C)N. The fourth-order valence-electron chi connectivity index (χ4n) is 1.58. The van der Waals surface area contributed by atoms with E-state index in [2.05, 4.69) is 29.9 Å². The van der Waals surface area contributed by atoms with Gasteiger partial charge in [-0.05, 0) is 19.4 Å². The highest BCUT2D eigenvalue weighted by molar-refractivity contribution is 5.47. The van der Waals surface area contributed by atoms with Crippen molar-refractivity contribution in [3.05, 3.63) is 23.9 Å². The number of aromatic nitrogens is 1. The van der Waals surface area contributed by atoms with Gasteiger partial charge in [-0.1, -0.05) is 19.4 Å². The van der Waals surface area contributed by atoms with Gasteiger partial charge in [-0.15, -0.1) is 0 Å². The van der Waals surface area contributed by atoms with Gasteiger partial charge in [0, 0.05) is 31.4 Å². The number of pyridine rings is 1. The molecule has 0 radical (unpaired) electrons. The van der Waals surface area contributed by atoms with Crippen molar-refractivity contribution in [3.63, 3.8) is 0 Å². The van der Waals surface area contributed by atoms with Gasteiger partial charge >= 0.3 is 0 Å². The summed E-state index contributed by atoms with van der Waals surface area (Å²) in [6, 6.07) is 4.03. The molecule has 0 spiro atoms. The highest BCUT2D eigenvalue weighted by Crippen LogP contribution is 2.21. The molecule has 0 bridgehead atoms. The lowest BCUT2D eigenvalue weighted by molar-refractivity contribution is 0.741. The van der Waals surface area contributed by atoms with Gasteiger partial charge < -0.3 is 10.6 Å². The summed E-state index contributed by atoms with van der Waals surface area (Å²) >= 11 is 0. The molecule has 1 aromatic rings. The maximum absolute atomic E-state index is 5.91. The van der Waals surface area contributed by atoms with Crippen LogP contribution in [-0.4, -0.2) is 18.6 Å². The van der Waals surface area contributed by atoms with Crippen LogP contribution in [-0.2, 0) is 0 Å². The molecule has 0 aliphatic heterocycles. The van der Waals surface area contributed by atoms with Crippen LogP contribution in [0.2, 0.25) is 0 Å². The fraction of sp³-hybridized carbons (Fsp3) is 0.583. The molecule has 0 aromatic carbocycles. The van der Waals surface area contributed by atoms with E-state index in [1.54, 1.807) is 0 Å². The number of hydrogen-bond acceptors (Lipinski definition) is 3. The summed E-state index contributed by atoms with van der Waals surface area (Å²) < 4.78 is 0. The summed E-state index contributed by atoms with van der Waals surface area (Å²) in [4.78, 5) is 6.58. The molecule has 0 aliphatic carbocycles. The van der Waals surface area contributed by atoms with Crippen molar-refractivity contribution < 1.29 is 0 Å². The molecule has 2 N–H and O–H groups in total. The monoisotopic (exact) mass is 207 g/mol. The van der Waals surface area contributed by atoms with E-state index in [1.165, 1.54) is 12.8 Å². The minimum Gasteiger partial charge on any atom is -0.359 e. The van der Waals surface area contributed by atoms with Crippen molar-refractivity contribution in [1.82, 2.24) is 4.98 Å². The molecule has 0 amide bonds. The smallest absolute Gasteiger partial charge is 0.133 e. The van der Waals surface area contributed by atoms with Crippen LogP contribution in [0.25, 0.3) is 0 Å². The summed E-state index contributed by atoms with van der Waals surface area (Å²) in [5, 5.41) is 0. The average Bonchev–Trinajstić information content (AvgIpc) is 2.25. The van der Waals surface area contributed by atoms with Gasteiger partial charge in [0.2, 0.25) is 0 Å². The Labute approximate surface area is 92.3 Å². The normalized spacial score (nSPS) is 12.5. The molecule has 1 rings (SSSR count). The van der Waals surface area contributed by atoms with Crippen molar-refractivity contribution in [2.75, 3.05) is 18.5 Å². The molecule has 1 aromatic heterocycles. The van der Waals surface area contributed by atoms with E-state index in [0.29, 0.717) is 0 Å². The molecule has 1 atom stereocenters. The van der Waals surface area contributed by atoms with Gasteiger partial charge in [-0.2, -0.15) is 0 Å². The topological polar surface area (TPSA) is 42.2 Å². The van der Waals surface area contributed by atoms with Gasteiger partial charge in [-0.25, -0.2) is 4.98 Å². The third-order valence-corrected chi connectivity index (χ3v) is 2.52. The Morgan fingerprint density at radius 2 is 2.27 bits per heavy atom. The second-order valence-corrected chi connectivity index (χ2v) is 3.98. The first-order valence-electron chi connectivity index (χ1n) is 5.58. The van der Waals surface area contributed by atoms with Crippen LogP contribution in [0.15, 0.2) is 18.3 Å². The van der Waals surface area contributed by atoms with Crippen LogP contribution in [0.1, 0.15) is 38.3 Å². The van der Waals surface area contributed by atoms with E-state index in [9.17, 15) is 0 Å². The predicted octanol–water partition coefficient (Wildman–Crippen LogP) is 2.34. The highest BCUT2D eigenvalue weighted by atomic mass is 15.2. The molecular weight excluding hydrogens is 186 g/mol. The van der Waals surface area contributed by atoms with Crippen molar-refractivity contribution >= 4 is 5.82 Å². The van der Waals surface area contributed by atoms with Gasteiger partial charge in [-0.3, -0.25) is 0 Å². The summed E-state index contributed by atoms with van der Waals surface area (Å²) in [7, 11) is 2.07. The third kappa shape index (κ3) is 3.20. The van der Waals surface area contributed by atoms with E-state index < -0.39 is 0 Å². The Morgan fingerprint density at radius 3 is 2.87 bits per heavy atom. The van der Waals surface area contributed by atoms with Crippen molar-refractivity contribution in [2.24, 2.45) is 5.73 Å². The zero-order valence-corrected chi connectivity index (χ0v) is 9.90. The molecular formula is C12H21N3. The molecule has 0 fully saturated rings. The van der Waals surface area contributed by atoms with E-state index in [1.807, 2.05) is 19.2 Å². The molecule has 3 heteroatoms. The molecule has 0 saturated heterocycles. The summed E-state index contributed by atoms with van der Waals surface area (Å²) in [6.07, 6.45) is 4.21. The molecule has 0 aliphatic rings. The standard InChI is InChI=1S/C12H21N3/c1-4-5-9-15(3)12-11(10(2)13)7-6-8-14-12/h6-8,10H,4-5,9,13H2,1-3H3. The second kappa shape index (κ2) is 5.71. The third-order valence-electron chi connectivity index (χ3n) is 2.52. The largest absolute Gasteiger partial charge is 0.359 e. The Kier molecular flexibility index (Phi) is 4.56. The summed E-state index contributed by atoms with van der Waals surface area (Å²) in [5.74, 6) is 1.01. The fourth-order valence-corrected chi connectivity index (χ4v) is 1.58. The molecule has 3 nitrogen and oxygen atoms in total. The van der Waals surface area contributed by atoms with Gasteiger partial charge in [0.25, 0.3) is 0 Å². The first kappa shape index (κ1) is 12.0. The lowest BCUT2D eigenvalue weighted by Crippen LogP contribution is -2.22. The van der Waals surface area contributed by atoms with Crippen LogP contribution < -0.4 is 10.6 Å². The summed E-state index contributed by atoms with van der Waals surface area (Å²) in [5.41, 5.74) is 7.04. The van der Waals surface area contributed by atoms with Gasteiger partial charge in [0.1, 0.15) is 5.82 Å². The number of anilines is 1. The predicted molar refractivity (Wildman–Crippen MR) is 65.0 cm³/mol. The number of nitrogens with zero attached hydrogens (tertiary/aromatic N) is 2. The molecule has 1 unspecified atom stereocenters. The molecule has 15 heavy (non-hydrogen) atoms. The zero-order valence-electron chi connectivity index (χ0n) is 9.90. The maximum Gasteiger partial charge on any atom is 0.133 e. The summed E-state index contributed by atoms with van der Waals surface area (Å²) in [6.45, 7) is 5.22. The minimum absolute atomic E-state index is 0.0396. The number of hydrogen-bond donors (Lipinski definition) is 1. The first-order chi connectivity index (χ1) is 7.16. The van der Waals surface area contributed by atoms with Crippen LogP contribution in [0.5, 0.6) is 0 Å². The minimum atomic E-state index is 0.0396. The lowest BCUT2D eigenvalue weighted by atomic mass is 10.1. The highest BCUT2D eigenvalue weighted by Gasteiger charge is 2.10. The quantitative estimate of drug-likeness (QED) is 0.805. The molecule has 1 heterocycles. The van der Waals surface area contributed by atoms with Gasteiger partial charge in [0.05, 0.1) is 0 Å². The van der Waals surface area contributed by atoms with Gasteiger partial charge in [0.15, 0.2) is 0 Å². The second-order valence-electron chi connectivity index (χ2n) is 3.98. The number of nitrogens with two attached hydrogens (primary N) is 1. The first-order valence-corrected chi connectivity index (χ1v) is 5.58. The molecule has 0 saturated carbocycles. The number of unbranched alkanes of at least 4 members (excludes halogenated alkanes) is 1. The Morgan fingerprint density at radius 1 is 1.53 bits per heavy atom. The average molecular weight is 207 g/mol. The Hall–Kier alpha value is -1.09. The van der Waals surface area contributed by atoms with E-state index in [4.69, 9.17) is 5.73 Å². The van der Waals surface area contributed by atoms with Crippen molar-refractivity contribution in [3.8, 4) is 0 Å². The van der Waals surface area contributed by atoms with E-state index in [0.717, 1.165) is 17.9 Å².